The van der Waals surface area contributed by atoms with Crippen LogP contribution >= 0.6 is 7.82 Å². The van der Waals surface area contributed by atoms with E-state index in [4.69, 9.17) is 18.5 Å². The van der Waals surface area contributed by atoms with Gasteiger partial charge in [0.1, 0.15) is 19.3 Å². The van der Waals surface area contributed by atoms with Crippen LogP contribution in [0.25, 0.3) is 0 Å². The molecule has 0 fully saturated rings. The van der Waals surface area contributed by atoms with Gasteiger partial charge in [-0.1, -0.05) is 153 Å². The van der Waals surface area contributed by atoms with Crippen molar-refractivity contribution in [2.75, 3.05) is 54.1 Å². The lowest BCUT2D eigenvalue weighted by Gasteiger charge is -2.28. The Morgan fingerprint density at radius 2 is 1.06 bits per heavy atom. The largest absolute Gasteiger partial charge is 0.756 e. The first-order chi connectivity index (χ1) is 26.1. The van der Waals surface area contributed by atoms with Gasteiger partial charge in [-0.25, -0.2) is 0 Å². The second kappa shape index (κ2) is 38.6. The molecule has 0 N–H and O–H groups in total. The molecule has 0 radical (unpaired) electrons. The van der Waals surface area contributed by atoms with Crippen LogP contribution < -0.4 is 4.89 Å². The number of carbonyl (C=O) groups excluding carboxylic acids is 1. The van der Waals surface area contributed by atoms with Gasteiger partial charge < -0.3 is 27.9 Å². The molecule has 0 saturated heterocycles. The van der Waals surface area contributed by atoms with Crippen LogP contribution in [0.2, 0.25) is 0 Å². The number of phosphoric acid groups is 1. The van der Waals surface area contributed by atoms with E-state index in [9.17, 15) is 14.3 Å². The van der Waals surface area contributed by atoms with Crippen LogP contribution in [0.3, 0.4) is 0 Å². The van der Waals surface area contributed by atoms with Gasteiger partial charge in [-0.15, -0.1) is 0 Å². The number of ether oxygens (including phenoxy) is 2. The summed E-state index contributed by atoms with van der Waals surface area (Å²) in [6.45, 7) is 5.33. The lowest BCUT2D eigenvalue weighted by Crippen LogP contribution is -2.37. The van der Waals surface area contributed by atoms with Gasteiger partial charge in [0.15, 0.2) is 0 Å². The topological polar surface area (TPSA) is 94.1 Å². The third-order valence-corrected chi connectivity index (χ3v) is 10.4. The zero-order valence-electron chi connectivity index (χ0n) is 35.9. The highest BCUT2D eigenvalue weighted by Crippen LogP contribution is 2.38. The molecular weight excluding hydrogens is 697 g/mol. The summed E-state index contributed by atoms with van der Waals surface area (Å²) in [7, 11) is 1.35. The third kappa shape index (κ3) is 41.9. The number of nitrogens with zero attached hydrogens (tertiary/aromatic N) is 1. The molecule has 0 aromatic rings. The molecule has 0 bridgehead atoms. The fraction of sp³-hybridized carbons (Fsp3) is 0.844. The van der Waals surface area contributed by atoms with Crippen molar-refractivity contribution in [3.63, 3.8) is 0 Å². The Bertz CT molecular complexity index is 962. The van der Waals surface area contributed by atoms with E-state index in [1.54, 1.807) is 0 Å². The van der Waals surface area contributed by atoms with Gasteiger partial charge in [-0.05, 0) is 64.2 Å². The van der Waals surface area contributed by atoms with Crippen molar-refractivity contribution in [2.45, 2.75) is 193 Å². The first kappa shape index (κ1) is 52.7. The summed E-state index contributed by atoms with van der Waals surface area (Å²) in [4.78, 5) is 25.0. The SMILES string of the molecule is CCC/C=C\CCCCCCCCOCC(COP(=O)([O-])OCC[N+](C)(C)C)OC(=O)CCCCCCCCCCC/C=C\C/C=C\CCCCCCC. The summed E-state index contributed by atoms with van der Waals surface area (Å²) >= 11 is 0. The molecule has 0 rings (SSSR count). The van der Waals surface area contributed by atoms with Gasteiger partial charge in [0, 0.05) is 13.0 Å². The van der Waals surface area contributed by atoms with Crippen LogP contribution in [0.1, 0.15) is 187 Å². The molecule has 8 nitrogen and oxygen atoms in total. The van der Waals surface area contributed by atoms with Crippen molar-refractivity contribution < 1.29 is 37.3 Å². The van der Waals surface area contributed by atoms with Crippen LogP contribution in [0.15, 0.2) is 36.5 Å². The van der Waals surface area contributed by atoms with Crippen molar-refractivity contribution in [3.05, 3.63) is 36.5 Å². The number of rotatable bonds is 41. The van der Waals surface area contributed by atoms with Crippen molar-refractivity contribution in [1.82, 2.24) is 0 Å². The first-order valence-corrected chi connectivity index (χ1v) is 23.7. The molecule has 0 aliphatic carbocycles. The number of phosphoric ester groups is 1. The van der Waals surface area contributed by atoms with E-state index < -0.39 is 13.9 Å². The maximum Gasteiger partial charge on any atom is 0.306 e. The van der Waals surface area contributed by atoms with Crippen LogP contribution in [-0.2, 0) is 27.9 Å². The summed E-state index contributed by atoms with van der Waals surface area (Å²) in [5.74, 6) is -0.341. The Labute approximate surface area is 334 Å². The lowest BCUT2D eigenvalue weighted by molar-refractivity contribution is -0.870. The highest BCUT2D eigenvalue weighted by Gasteiger charge is 2.20. The van der Waals surface area contributed by atoms with Gasteiger partial charge in [-0.2, -0.15) is 0 Å². The number of carbonyl (C=O) groups is 1. The molecule has 0 aromatic heterocycles. The number of esters is 1. The molecule has 0 saturated carbocycles. The smallest absolute Gasteiger partial charge is 0.306 e. The predicted molar refractivity (Wildman–Crippen MR) is 227 cm³/mol. The number of unbranched alkanes of at least 4 members (excludes halogenated alkanes) is 21. The molecule has 0 spiro atoms. The summed E-state index contributed by atoms with van der Waals surface area (Å²) < 4.78 is 34.5. The molecule has 2 atom stereocenters. The Morgan fingerprint density at radius 1 is 0.574 bits per heavy atom. The van der Waals surface area contributed by atoms with Gasteiger partial charge in [-0.3, -0.25) is 9.36 Å². The van der Waals surface area contributed by atoms with E-state index in [1.165, 1.54) is 128 Å². The molecular formula is C45H86NO7P. The van der Waals surface area contributed by atoms with E-state index in [1.807, 2.05) is 21.1 Å². The molecule has 2 unspecified atom stereocenters. The maximum absolute atomic E-state index is 12.7. The van der Waals surface area contributed by atoms with E-state index in [2.05, 4.69) is 50.3 Å². The van der Waals surface area contributed by atoms with Crippen molar-refractivity contribution >= 4 is 13.8 Å². The maximum atomic E-state index is 12.7. The van der Waals surface area contributed by atoms with Crippen molar-refractivity contribution in [3.8, 4) is 0 Å². The van der Waals surface area contributed by atoms with Crippen molar-refractivity contribution in [2.24, 2.45) is 0 Å². The van der Waals surface area contributed by atoms with Crippen molar-refractivity contribution in [1.29, 1.82) is 0 Å². The van der Waals surface area contributed by atoms with E-state index >= 15 is 0 Å². The second-order valence-corrected chi connectivity index (χ2v) is 17.5. The minimum atomic E-state index is -4.52. The summed E-state index contributed by atoms with van der Waals surface area (Å²) in [5, 5.41) is 0. The molecule has 0 aromatic carbocycles. The molecule has 9 heteroatoms. The number of likely N-dealkylation sites (N-methyl/N-ethyl adjacent to an activating group) is 1. The fourth-order valence-corrected chi connectivity index (χ4v) is 6.66. The fourth-order valence-electron chi connectivity index (χ4n) is 5.93. The average Bonchev–Trinajstić information content (AvgIpc) is 3.12. The third-order valence-electron chi connectivity index (χ3n) is 9.39. The minimum Gasteiger partial charge on any atom is -0.756 e. The standard InChI is InChI=1S/C45H86NO7P/c1-6-8-10-12-14-16-18-19-20-21-22-23-24-25-26-27-28-30-32-34-36-38-45(47)53-44(43-52-54(48,49)51-41-39-46(3,4)5)42-50-40-37-35-33-31-29-17-15-13-11-9-7-2/h11,13,18-19,21-22,44H,6-10,12,14-17,20,23-43H2,1-5H3/b13-11-,19-18-,22-21-. The molecule has 0 amide bonds. The number of hydrogen-bond donors (Lipinski definition) is 0. The van der Waals surface area contributed by atoms with Crippen LogP contribution in [-0.4, -0.2) is 70.7 Å². The Balaban J connectivity index is 4.17. The molecule has 0 aliphatic rings. The second-order valence-electron chi connectivity index (χ2n) is 16.0. The summed E-state index contributed by atoms with van der Waals surface area (Å²) in [6, 6.07) is 0. The quantitative estimate of drug-likeness (QED) is 0.0200. The van der Waals surface area contributed by atoms with Crippen LogP contribution in [0, 0.1) is 0 Å². The van der Waals surface area contributed by atoms with E-state index in [0.29, 0.717) is 24.1 Å². The zero-order chi connectivity index (χ0) is 39.9. The average molecular weight is 784 g/mol. The van der Waals surface area contributed by atoms with Gasteiger partial charge in [0.05, 0.1) is 34.4 Å². The predicted octanol–water partition coefficient (Wildman–Crippen LogP) is 12.4. The highest BCUT2D eigenvalue weighted by molar-refractivity contribution is 7.45. The molecule has 0 heterocycles. The van der Waals surface area contributed by atoms with Crippen LogP contribution in [0.4, 0.5) is 0 Å². The lowest BCUT2D eigenvalue weighted by atomic mass is 10.1. The normalized spacial score (nSPS) is 14.1. The Morgan fingerprint density at radius 3 is 1.59 bits per heavy atom. The zero-order valence-corrected chi connectivity index (χ0v) is 36.8. The van der Waals surface area contributed by atoms with Gasteiger partial charge in [0.2, 0.25) is 0 Å². The first-order valence-electron chi connectivity index (χ1n) is 22.2. The van der Waals surface area contributed by atoms with Crippen LogP contribution in [0.5, 0.6) is 0 Å². The molecule has 318 valence electrons. The summed E-state index contributed by atoms with van der Waals surface area (Å²) in [6.07, 6.45) is 44.4. The summed E-state index contributed by atoms with van der Waals surface area (Å²) in [5.41, 5.74) is 0. The van der Waals surface area contributed by atoms with Gasteiger partial charge in [0.25, 0.3) is 7.82 Å². The Hall–Kier alpha value is -1.28. The minimum absolute atomic E-state index is 0.0238. The molecule has 54 heavy (non-hydrogen) atoms. The van der Waals surface area contributed by atoms with Gasteiger partial charge >= 0.3 is 5.97 Å². The molecule has 0 aliphatic heterocycles. The monoisotopic (exact) mass is 784 g/mol. The number of allylic oxidation sites excluding steroid dienone is 6. The number of hydrogen-bond acceptors (Lipinski definition) is 7. The Kier molecular flexibility index (Phi) is 37.7. The highest BCUT2D eigenvalue weighted by atomic mass is 31.2. The van der Waals surface area contributed by atoms with E-state index in [0.717, 1.165) is 38.5 Å². The number of quaternary nitrogens is 1. The van der Waals surface area contributed by atoms with E-state index in [-0.39, 0.29) is 25.8 Å².